The summed E-state index contributed by atoms with van der Waals surface area (Å²) >= 11 is 0. The molecule has 0 aliphatic carbocycles. The SMILES string of the molecule is C=CCOC(=O)OC[C@H]1O[C@@](C#N)(c2ccc3c(N)ncnn23)[C@H](O)[C@@H]1O. The Morgan fingerprint density at radius 2 is 2.30 bits per heavy atom. The van der Waals surface area contributed by atoms with Crippen LogP contribution in [0.1, 0.15) is 5.69 Å². The minimum atomic E-state index is -1.95. The number of carbonyl (C=O) groups is 1. The van der Waals surface area contributed by atoms with Gasteiger partial charge in [0, 0.05) is 0 Å². The Morgan fingerprint density at radius 1 is 1.52 bits per heavy atom. The molecule has 0 spiro atoms. The molecule has 142 valence electrons. The molecule has 11 nitrogen and oxygen atoms in total. The van der Waals surface area contributed by atoms with E-state index in [1.165, 1.54) is 23.0 Å². The second kappa shape index (κ2) is 7.20. The number of rotatable bonds is 5. The quantitative estimate of drug-likeness (QED) is 0.457. The first-order valence-corrected chi connectivity index (χ1v) is 7.89. The molecule has 0 aromatic carbocycles. The Kier molecular flexibility index (Phi) is 4.95. The molecular formula is C16H17N5O6. The lowest BCUT2D eigenvalue weighted by Crippen LogP contribution is -2.41. The van der Waals surface area contributed by atoms with E-state index in [0.29, 0.717) is 5.52 Å². The molecular weight excluding hydrogens is 358 g/mol. The van der Waals surface area contributed by atoms with Gasteiger partial charge in [0.1, 0.15) is 49.4 Å². The molecule has 0 amide bonds. The summed E-state index contributed by atoms with van der Waals surface area (Å²) in [6.45, 7) is 2.91. The molecule has 1 saturated heterocycles. The van der Waals surface area contributed by atoms with Crippen LogP contribution in [0.2, 0.25) is 0 Å². The Bertz CT molecular complexity index is 908. The van der Waals surface area contributed by atoms with Crippen LogP contribution < -0.4 is 5.73 Å². The number of fused-ring (bicyclic) bond motifs is 1. The number of aromatic nitrogens is 3. The van der Waals surface area contributed by atoms with Crippen LogP contribution in [-0.2, 0) is 19.8 Å². The van der Waals surface area contributed by atoms with Gasteiger partial charge in [-0.2, -0.15) is 10.4 Å². The first-order valence-electron chi connectivity index (χ1n) is 7.89. The van der Waals surface area contributed by atoms with Gasteiger partial charge in [-0.05, 0) is 12.1 Å². The predicted octanol–water partition coefficient (Wildman–Crippen LogP) is -0.510. The van der Waals surface area contributed by atoms with E-state index in [1.807, 2.05) is 6.07 Å². The maximum Gasteiger partial charge on any atom is 0.508 e. The van der Waals surface area contributed by atoms with Gasteiger partial charge < -0.3 is 30.2 Å². The van der Waals surface area contributed by atoms with Crippen molar-refractivity contribution >= 4 is 17.5 Å². The highest BCUT2D eigenvalue weighted by Gasteiger charge is 2.57. The van der Waals surface area contributed by atoms with Crippen molar-refractivity contribution in [3.63, 3.8) is 0 Å². The molecule has 4 N–H and O–H groups in total. The van der Waals surface area contributed by atoms with Crippen molar-refractivity contribution in [2.75, 3.05) is 18.9 Å². The first-order chi connectivity index (χ1) is 12.9. The van der Waals surface area contributed by atoms with Crippen molar-refractivity contribution in [3.8, 4) is 6.07 Å². The number of hydrogen-bond donors (Lipinski definition) is 3. The van der Waals surface area contributed by atoms with Gasteiger partial charge in [0.05, 0.1) is 5.69 Å². The molecule has 1 aliphatic heterocycles. The van der Waals surface area contributed by atoms with Gasteiger partial charge in [0.15, 0.2) is 5.82 Å². The molecule has 0 saturated carbocycles. The number of nitrogens with zero attached hydrogens (tertiary/aromatic N) is 4. The number of carbonyl (C=O) groups excluding carboxylic acids is 1. The number of aliphatic hydroxyl groups excluding tert-OH is 2. The van der Waals surface area contributed by atoms with Crippen LogP contribution in [0.15, 0.2) is 31.1 Å². The van der Waals surface area contributed by atoms with Crippen molar-refractivity contribution in [1.82, 2.24) is 14.6 Å². The van der Waals surface area contributed by atoms with E-state index in [2.05, 4.69) is 21.4 Å². The third-order valence-corrected chi connectivity index (χ3v) is 4.17. The number of aliphatic hydroxyl groups is 2. The molecule has 11 heteroatoms. The summed E-state index contributed by atoms with van der Waals surface area (Å²) in [4.78, 5) is 15.3. The maximum absolute atomic E-state index is 11.4. The molecule has 2 aromatic heterocycles. The number of nitriles is 1. The van der Waals surface area contributed by atoms with Crippen LogP contribution in [-0.4, -0.2) is 62.5 Å². The van der Waals surface area contributed by atoms with Crippen LogP contribution in [0.4, 0.5) is 10.6 Å². The minimum absolute atomic E-state index is 0.0467. The number of hydrogen-bond acceptors (Lipinski definition) is 10. The van der Waals surface area contributed by atoms with Crippen molar-refractivity contribution < 1.29 is 29.2 Å². The van der Waals surface area contributed by atoms with Gasteiger partial charge in [0.2, 0.25) is 5.60 Å². The normalized spacial score (nSPS) is 27.2. The van der Waals surface area contributed by atoms with Crippen LogP contribution in [0.3, 0.4) is 0 Å². The molecule has 1 fully saturated rings. The van der Waals surface area contributed by atoms with Crippen LogP contribution >= 0.6 is 0 Å². The summed E-state index contributed by atoms with van der Waals surface area (Å²) in [5.41, 5.74) is 4.38. The van der Waals surface area contributed by atoms with Gasteiger partial charge in [-0.15, -0.1) is 0 Å². The van der Waals surface area contributed by atoms with Gasteiger partial charge in [-0.1, -0.05) is 12.7 Å². The van der Waals surface area contributed by atoms with Gasteiger partial charge in [-0.25, -0.2) is 14.3 Å². The molecule has 4 atom stereocenters. The molecule has 2 aromatic rings. The lowest BCUT2D eigenvalue weighted by Gasteiger charge is -2.24. The molecule has 0 bridgehead atoms. The van der Waals surface area contributed by atoms with E-state index in [0.717, 1.165) is 0 Å². The molecule has 0 unspecified atom stereocenters. The van der Waals surface area contributed by atoms with Crippen LogP contribution in [0.25, 0.3) is 5.52 Å². The maximum atomic E-state index is 11.4. The van der Waals surface area contributed by atoms with Crippen LogP contribution in [0.5, 0.6) is 0 Å². The second-order valence-corrected chi connectivity index (χ2v) is 5.76. The van der Waals surface area contributed by atoms with Crippen molar-refractivity contribution in [2.45, 2.75) is 23.9 Å². The zero-order chi connectivity index (χ0) is 19.6. The average molecular weight is 375 g/mol. The highest BCUT2D eigenvalue weighted by atomic mass is 16.7. The Hall–Kier alpha value is -3.20. The first kappa shape index (κ1) is 18.6. The summed E-state index contributed by atoms with van der Waals surface area (Å²) < 4.78 is 16.4. The lowest BCUT2D eigenvalue weighted by molar-refractivity contribution is -0.0714. The third kappa shape index (κ3) is 3.06. The molecule has 0 radical (unpaired) electrons. The number of anilines is 1. The van der Waals surface area contributed by atoms with E-state index < -0.39 is 36.7 Å². The summed E-state index contributed by atoms with van der Waals surface area (Å²) in [5.74, 6) is 0.169. The minimum Gasteiger partial charge on any atom is -0.431 e. The van der Waals surface area contributed by atoms with E-state index in [1.54, 1.807) is 6.07 Å². The highest BCUT2D eigenvalue weighted by Crippen LogP contribution is 2.40. The summed E-state index contributed by atoms with van der Waals surface area (Å²) in [7, 11) is 0. The number of ether oxygens (including phenoxy) is 3. The number of nitrogens with two attached hydrogens (primary N) is 1. The topological polar surface area (TPSA) is 165 Å². The zero-order valence-electron chi connectivity index (χ0n) is 14.1. The monoisotopic (exact) mass is 375 g/mol. The molecule has 3 rings (SSSR count). The molecule has 3 heterocycles. The molecule has 27 heavy (non-hydrogen) atoms. The Balaban J connectivity index is 1.87. The largest absolute Gasteiger partial charge is 0.508 e. The van der Waals surface area contributed by atoms with E-state index in [4.69, 9.17) is 15.2 Å². The number of nitrogen functional groups attached to an aromatic ring is 1. The predicted molar refractivity (Wildman–Crippen MR) is 89.1 cm³/mol. The standard InChI is InChI=1S/C16H17N5O6/c1-2-5-25-15(24)26-6-10-12(22)13(23)16(7-17,27-10)11-4-3-9-14(18)19-8-20-21(9)11/h2-4,8,10,12-13,22-23H,1,5-6H2,(H2,18,19,20)/t10-,12-,13-,16+/m1/s1. The fourth-order valence-electron chi connectivity index (χ4n) is 2.87. The highest BCUT2D eigenvalue weighted by molar-refractivity contribution is 5.66. The van der Waals surface area contributed by atoms with Gasteiger partial charge in [-0.3, -0.25) is 0 Å². The summed E-state index contributed by atoms with van der Waals surface area (Å²) in [5, 5.41) is 34.6. The smallest absolute Gasteiger partial charge is 0.431 e. The van der Waals surface area contributed by atoms with E-state index in [-0.39, 0.29) is 18.1 Å². The van der Waals surface area contributed by atoms with Gasteiger partial charge >= 0.3 is 6.16 Å². The third-order valence-electron chi connectivity index (χ3n) is 4.17. The Labute approximate surface area is 153 Å². The second-order valence-electron chi connectivity index (χ2n) is 5.76. The van der Waals surface area contributed by atoms with Crippen LogP contribution in [0, 0.1) is 11.3 Å². The zero-order valence-corrected chi connectivity index (χ0v) is 14.1. The Morgan fingerprint density at radius 3 is 3.00 bits per heavy atom. The lowest BCUT2D eigenvalue weighted by atomic mass is 9.92. The van der Waals surface area contributed by atoms with Crippen molar-refractivity contribution in [2.24, 2.45) is 0 Å². The fraction of sp³-hybridized carbons (Fsp3) is 0.375. The summed E-state index contributed by atoms with van der Waals surface area (Å²) in [6.07, 6.45) is -2.75. The fourth-order valence-corrected chi connectivity index (χ4v) is 2.87. The van der Waals surface area contributed by atoms with E-state index >= 15 is 0 Å². The summed E-state index contributed by atoms with van der Waals surface area (Å²) in [6, 6.07) is 4.93. The van der Waals surface area contributed by atoms with Gasteiger partial charge in [0.25, 0.3) is 0 Å². The average Bonchev–Trinajstić information content (AvgIpc) is 3.21. The van der Waals surface area contributed by atoms with Crippen molar-refractivity contribution in [3.05, 3.63) is 36.8 Å². The van der Waals surface area contributed by atoms with E-state index in [9.17, 15) is 20.3 Å². The van der Waals surface area contributed by atoms with Crippen molar-refractivity contribution in [1.29, 1.82) is 5.26 Å². The molecule has 1 aliphatic rings.